The van der Waals surface area contributed by atoms with Crippen LogP contribution in [0.3, 0.4) is 0 Å². The lowest BCUT2D eigenvalue weighted by molar-refractivity contribution is -0.135. The second kappa shape index (κ2) is 14.1. The molecule has 3 N–H and O–H groups in total. The van der Waals surface area contributed by atoms with E-state index in [-0.39, 0.29) is 18.0 Å². The van der Waals surface area contributed by atoms with Gasteiger partial charge >= 0.3 is 0 Å². The molecule has 2 aromatic carbocycles. The third-order valence-electron chi connectivity index (χ3n) is 10.9. The Morgan fingerprint density at radius 3 is 2.09 bits per heavy atom. The lowest BCUT2D eigenvalue weighted by Crippen LogP contribution is -2.50. The van der Waals surface area contributed by atoms with Crippen LogP contribution in [0, 0.1) is 5.92 Å². The summed E-state index contributed by atoms with van der Waals surface area (Å²) in [6.45, 7) is 5.00. The first-order valence-corrected chi connectivity index (χ1v) is 17.7. The Hall–Kier alpha value is -3.13. The summed E-state index contributed by atoms with van der Waals surface area (Å²) < 4.78 is 11.0. The molecule has 2 aromatic heterocycles. The summed E-state index contributed by atoms with van der Waals surface area (Å²) in [7, 11) is 0. The zero-order chi connectivity index (χ0) is 30.6. The van der Waals surface area contributed by atoms with Crippen molar-refractivity contribution in [2.24, 2.45) is 11.7 Å². The number of ether oxygens (including phenoxy) is 1. The first-order valence-electron chi connectivity index (χ1n) is 17.7. The summed E-state index contributed by atoms with van der Waals surface area (Å²) in [6, 6.07) is 18.0. The van der Waals surface area contributed by atoms with Crippen molar-refractivity contribution in [3.63, 3.8) is 0 Å². The number of likely N-dealkylation sites (tertiary alicyclic amines) is 1. The van der Waals surface area contributed by atoms with Gasteiger partial charge in [0.15, 0.2) is 0 Å². The van der Waals surface area contributed by atoms with Gasteiger partial charge in [0.25, 0.3) is 0 Å². The van der Waals surface area contributed by atoms with Crippen LogP contribution in [-0.2, 0) is 35.5 Å². The highest BCUT2D eigenvalue weighted by Crippen LogP contribution is 2.31. The number of para-hydroxylation sites is 2. The van der Waals surface area contributed by atoms with E-state index in [1.165, 1.54) is 65.0 Å². The van der Waals surface area contributed by atoms with Crippen LogP contribution < -0.4 is 11.1 Å². The molecule has 3 fully saturated rings. The number of carbonyl (C=O) groups excluding carboxylic acids is 1. The number of nitrogens with two attached hydrogens (primary N) is 1. The number of rotatable bonds is 12. The predicted octanol–water partition coefficient (Wildman–Crippen LogP) is 6.05. The van der Waals surface area contributed by atoms with Crippen LogP contribution in [0.15, 0.2) is 60.9 Å². The highest BCUT2D eigenvalue weighted by molar-refractivity contribution is 5.85. The van der Waals surface area contributed by atoms with E-state index in [1.54, 1.807) is 0 Å². The largest absolute Gasteiger partial charge is 0.378 e. The molecule has 7 heteroatoms. The zero-order valence-corrected chi connectivity index (χ0v) is 26.8. The van der Waals surface area contributed by atoms with Gasteiger partial charge in [0.05, 0.1) is 19.3 Å². The maximum Gasteiger partial charge on any atom is 0.240 e. The smallest absolute Gasteiger partial charge is 0.240 e. The van der Waals surface area contributed by atoms with E-state index in [0.717, 1.165) is 64.7 Å². The van der Waals surface area contributed by atoms with Crippen molar-refractivity contribution in [1.82, 2.24) is 19.4 Å². The van der Waals surface area contributed by atoms with Crippen molar-refractivity contribution >= 4 is 27.7 Å². The number of carbonyl (C=O) groups is 1. The average Bonchev–Trinajstić information content (AvgIpc) is 3.89. The van der Waals surface area contributed by atoms with Crippen molar-refractivity contribution in [3.05, 3.63) is 72.1 Å². The molecule has 0 spiro atoms. The lowest BCUT2D eigenvalue weighted by Gasteiger charge is -2.32. The molecule has 240 valence electrons. The minimum Gasteiger partial charge on any atom is -0.378 e. The van der Waals surface area contributed by atoms with Crippen molar-refractivity contribution < 1.29 is 9.53 Å². The second-order valence-corrected chi connectivity index (χ2v) is 13.8. The van der Waals surface area contributed by atoms with Gasteiger partial charge in [-0.15, -0.1) is 0 Å². The summed E-state index contributed by atoms with van der Waals surface area (Å²) in [5.74, 6) is 0.529. The summed E-state index contributed by atoms with van der Waals surface area (Å²) in [4.78, 5) is 15.7. The van der Waals surface area contributed by atoms with E-state index < -0.39 is 0 Å². The molecule has 2 aliphatic heterocycles. The molecule has 1 saturated carbocycles. The molecule has 0 bridgehead atoms. The normalized spacial score (nSPS) is 21.8. The fourth-order valence-corrected chi connectivity index (χ4v) is 8.44. The number of benzene rings is 2. The van der Waals surface area contributed by atoms with Gasteiger partial charge in [0.1, 0.15) is 0 Å². The van der Waals surface area contributed by atoms with Gasteiger partial charge in [-0.2, -0.15) is 0 Å². The van der Waals surface area contributed by atoms with Crippen LogP contribution in [0.25, 0.3) is 21.8 Å². The van der Waals surface area contributed by atoms with Gasteiger partial charge in [-0.3, -0.25) is 4.79 Å². The van der Waals surface area contributed by atoms with Crippen molar-refractivity contribution in [3.8, 4) is 0 Å². The monoisotopic (exact) mass is 609 g/mol. The Morgan fingerprint density at radius 1 is 0.800 bits per heavy atom. The first kappa shape index (κ1) is 30.5. The van der Waals surface area contributed by atoms with E-state index in [4.69, 9.17) is 10.5 Å². The Labute approximate surface area is 268 Å². The van der Waals surface area contributed by atoms with E-state index in [2.05, 4.69) is 80.3 Å². The molecule has 7 rings (SSSR count). The topological polar surface area (TPSA) is 77.5 Å². The predicted molar refractivity (Wildman–Crippen MR) is 182 cm³/mol. The molecular formula is C38H51N5O2. The maximum absolute atomic E-state index is 13.5. The van der Waals surface area contributed by atoms with Crippen LogP contribution in [0.5, 0.6) is 0 Å². The molecule has 45 heavy (non-hydrogen) atoms. The second-order valence-electron chi connectivity index (χ2n) is 13.8. The van der Waals surface area contributed by atoms with Crippen LogP contribution in [-0.4, -0.2) is 64.4 Å². The third kappa shape index (κ3) is 6.72. The minimum atomic E-state index is -0.343. The Bertz CT molecular complexity index is 1580. The SMILES string of the molecule is NC(C(=O)N1CCC[C@H]1Cc1cn(CCOCCn2cc(C[C@@H]3CCCN3)c3ccccc32)c2ccccc12)C1CCCCC1. The van der Waals surface area contributed by atoms with E-state index in [9.17, 15) is 4.79 Å². The summed E-state index contributed by atoms with van der Waals surface area (Å²) in [5, 5.41) is 6.31. The summed E-state index contributed by atoms with van der Waals surface area (Å²) in [6.07, 6.45) is 17.2. The van der Waals surface area contributed by atoms with Crippen LogP contribution >= 0.6 is 0 Å². The van der Waals surface area contributed by atoms with Gasteiger partial charge in [-0.1, -0.05) is 55.7 Å². The summed E-state index contributed by atoms with van der Waals surface area (Å²) >= 11 is 0. The van der Waals surface area contributed by atoms with Crippen LogP contribution in [0.1, 0.15) is 68.9 Å². The number of nitrogens with zero attached hydrogens (tertiary/aromatic N) is 3. The maximum atomic E-state index is 13.5. The van der Waals surface area contributed by atoms with Crippen LogP contribution in [0.4, 0.5) is 0 Å². The van der Waals surface area contributed by atoms with Gasteiger partial charge in [-0.25, -0.2) is 0 Å². The molecule has 7 nitrogen and oxygen atoms in total. The summed E-state index contributed by atoms with van der Waals surface area (Å²) in [5.41, 5.74) is 11.9. The van der Waals surface area contributed by atoms with E-state index in [0.29, 0.717) is 25.2 Å². The fourth-order valence-electron chi connectivity index (χ4n) is 8.44. The molecule has 1 unspecified atom stereocenters. The molecule has 4 aromatic rings. The third-order valence-corrected chi connectivity index (χ3v) is 10.9. The molecule has 3 aliphatic rings. The highest BCUT2D eigenvalue weighted by atomic mass is 16.5. The number of hydrogen-bond donors (Lipinski definition) is 2. The van der Waals surface area contributed by atoms with Crippen molar-refractivity contribution in [2.75, 3.05) is 26.3 Å². The number of aromatic nitrogens is 2. The molecule has 0 radical (unpaired) electrons. The quantitative estimate of drug-likeness (QED) is 0.192. The van der Waals surface area contributed by atoms with Gasteiger partial charge < -0.3 is 29.8 Å². The number of amides is 1. The standard InChI is InChI=1S/C38H51N5O2/c39-37(28-10-2-1-3-11-28)38(44)43-19-9-13-32(43)25-30-27-42(36-17-7-5-15-34(30)36)21-23-45-22-20-41-26-29(24-31-12-8-18-40-31)33-14-4-6-16-35(33)41/h4-7,14-17,26-28,31-32,37,40H,1-3,8-13,18-25,39H2/t31-,32-,37?/m0/s1. The molecule has 3 atom stereocenters. The lowest BCUT2D eigenvalue weighted by atomic mass is 9.83. The van der Waals surface area contributed by atoms with Crippen molar-refractivity contribution in [1.29, 1.82) is 0 Å². The Morgan fingerprint density at radius 2 is 1.44 bits per heavy atom. The molecule has 1 amide bonds. The number of nitrogens with one attached hydrogen (secondary N) is 1. The average molecular weight is 610 g/mol. The van der Waals surface area contributed by atoms with E-state index >= 15 is 0 Å². The fraction of sp³-hybridized carbons (Fsp3) is 0.553. The van der Waals surface area contributed by atoms with Gasteiger partial charge in [-0.05, 0) is 87.1 Å². The van der Waals surface area contributed by atoms with Crippen LogP contribution in [0.2, 0.25) is 0 Å². The molecular weight excluding hydrogens is 558 g/mol. The number of fused-ring (bicyclic) bond motifs is 2. The van der Waals surface area contributed by atoms with Gasteiger partial charge in [0.2, 0.25) is 5.91 Å². The Balaban J connectivity index is 0.965. The number of hydrogen-bond acceptors (Lipinski definition) is 4. The molecule has 2 saturated heterocycles. The zero-order valence-electron chi connectivity index (χ0n) is 26.8. The van der Waals surface area contributed by atoms with Crippen molar-refractivity contribution in [2.45, 2.75) is 102 Å². The first-order chi connectivity index (χ1) is 22.2. The molecule has 1 aliphatic carbocycles. The minimum absolute atomic E-state index is 0.180. The van der Waals surface area contributed by atoms with Gasteiger partial charge in [0, 0.05) is 65.9 Å². The van der Waals surface area contributed by atoms with E-state index in [1.807, 2.05) is 0 Å². The molecule has 4 heterocycles. The Kier molecular flexibility index (Phi) is 9.57. The highest BCUT2D eigenvalue weighted by Gasteiger charge is 2.35.